The summed E-state index contributed by atoms with van der Waals surface area (Å²) >= 11 is 0. The Balaban J connectivity index is 1.80. The van der Waals surface area contributed by atoms with Gasteiger partial charge in [-0.1, -0.05) is 13.0 Å². The van der Waals surface area contributed by atoms with E-state index in [2.05, 4.69) is 11.9 Å². The molecule has 1 aliphatic carbocycles. The summed E-state index contributed by atoms with van der Waals surface area (Å²) < 4.78 is 5.57. The minimum Gasteiger partial charge on any atom is -0.477 e. The SMILES string of the molecule is C[C@@H]1CC[C@@H]1COc1ccccn1. The van der Waals surface area contributed by atoms with Gasteiger partial charge in [0.05, 0.1) is 6.61 Å². The third kappa shape index (κ3) is 2.00. The Morgan fingerprint density at radius 3 is 2.92 bits per heavy atom. The molecule has 1 aromatic rings. The van der Waals surface area contributed by atoms with Crippen LogP contribution in [0.1, 0.15) is 19.8 Å². The molecule has 2 rings (SSSR count). The number of hydrogen-bond donors (Lipinski definition) is 0. The van der Waals surface area contributed by atoms with Crippen LogP contribution in [0.25, 0.3) is 0 Å². The molecule has 0 aromatic carbocycles. The normalized spacial score (nSPS) is 26.5. The summed E-state index contributed by atoms with van der Waals surface area (Å²) in [5.41, 5.74) is 0. The lowest BCUT2D eigenvalue weighted by Crippen LogP contribution is -2.28. The summed E-state index contributed by atoms with van der Waals surface area (Å²) in [7, 11) is 0. The molecule has 0 saturated heterocycles. The highest BCUT2D eigenvalue weighted by atomic mass is 16.5. The first kappa shape index (κ1) is 8.54. The van der Waals surface area contributed by atoms with E-state index >= 15 is 0 Å². The number of aromatic nitrogens is 1. The maximum absolute atomic E-state index is 5.57. The van der Waals surface area contributed by atoms with Crippen molar-refractivity contribution in [3.8, 4) is 5.88 Å². The average Bonchev–Trinajstić information content (AvgIpc) is 2.17. The van der Waals surface area contributed by atoms with Crippen molar-refractivity contribution in [1.82, 2.24) is 4.98 Å². The smallest absolute Gasteiger partial charge is 0.213 e. The zero-order chi connectivity index (χ0) is 9.10. The molecule has 13 heavy (non-hydrogen) atoms. The molecular formula is C11H15NO. The second-order valence-electron chi connectivity index (χ2n) is 3.79. The Bertz CT molecular complexity index is 260. The third-order valence-electron chi connectivity index (χ3n) is 2.88. The minimum atomic E-state index is 0.751. The van der Waals surface area contributed by atoms with E-state index in [9.17, 15) is 0 Å². The summed E-state index contributed by atoms with van der Waals surface area (Å²) in [5, 5.41) is 0. The number of hydrogen-bond acceptors (Lipinski definition) is 2. The largest absolute Gasteiger partial charge is 0.477 e. The van der Waals surface area contributed by atoms with Gasteiger partial charge in [-0.2, -0.15) is 0 Å². The highest BCUT2D eigenvalue weighted by molar-refractivity contribution is 5.09. The standard InChI is InChI=1S/C11H15NO/c1-9-5-6-10(9)8-13-11-4-2-3-7-12-11/h2-4,7,9-10H,5-6,8H2,1H3/t9-,10-/m1/s1. The van der Waals surface area contributed by atoms with Gasteiger partial charge in [-0.3, -0.25) is 0 Å². The number of rotatable bonds is 3. The van der Waals surface area contributed by atoms with Crippen molar-refractivity contribution in [2.45, 2.75) is 19.8 Å². The molecule has 2 nitrogen and oxygen atoms in total. The van der Waals surface area contributed by atoms with Gasteiger partial charge in [0.2, 0.25) is 5.88 Å². The monoisotopic (exact) mass is 177 g/mol. The van der Waals surface area contributed by atoms with Gasteiger partial charge in [-0.25, -0.2) is 4.98 Å². The first-order chi connectivity index (χ1) is 6.36. The van der Waals surface area contributed by atoms with Gasteiger partial charge < -0.3 is 4.74 Å². The molecule has 0 amide bonds. The van der Waals surface area contributed by atoms with Crippen LogP contribution in [0.2, 0.25) is 0 Å². The zero-order valence-electron chi connectivity index (χ0n) is 7.94. The number of ether oxygens (including phenoxy) is 1. The molecule has 2 heteroatoms. The Kier molecular flexibility index (Phi) is 2.48. The van der Waals surface area contributed by atoms with Crippen LogP contribution >= 0.6 is 0 Å². The predicted molar refractivity (Wildman–Crippen MR) is 51.6 cm³/mol. The molecule has 0 spiro atoms. The molecule has 1 heterocycles. The van der Waals surface area contributed by atoms with Gasteiger partial charge in [-0.05, 0) is 30.7 Å². The summed E-state index contributed by atoms with van der Waals surface area (Å²) in [5.74, 6) is 2.34. The van der Waals surface area contributed by atoms with E-state index in [0.717, 1.165) is 24.3 Å². The fourth-order valence-electron chi connectivity index (χ4n) is 1.61. The Morgan fingerprint density at radius 1 is 1.46 bits per heavy atom. The summed E-state index contributed by atoms with van der Waals surface area (Å²) in [6.45, 7) is 3.12. The molecular weight excluding hydrogens is 162 g/mol. The van der Waals surface area contributed by atoms with Crippen LogP contribution in [0.4, 0.5) is 0 Å². The second kappa shape index (κ2) is 3.77. The van der Waals surface area contributed by atoms with E-state index in [1.807, 2.05) is 18.2 Å². The molecule has 0 aliphatic heterocycles. The molecule has 1 saturated carbocycles. The van der Waals surface area contributed by atoms with Crippen molar-refractivity contribution in [1.29, 1.82) is 0 Å². The maximum Gasteiger partial charge on any atom is 0.213 e. The van der Waals surface area contributed by atoms with Gasteiger partial charge in [-0.15, -0.1) is 0 Å². The van der Waals surface area contributed by atoms with Gasteiger partial charge in [0.1, 0.15) is 0 Å². The Hall–Kier alpha value is -1.05. The summed E-state index contributed by atoms with van der Waals surface area (Å²) in [4.78, 5) is 4.11. The van der Waals surface area contributed by atoms with Gasteiger partial charge in [0.15, 0.2) is 0 Å². The molecule has 70 valence electrons. The second-order valence-corrected chi connectivity index (χ2v) is 3.79. The molecule has 0 radical (unpaired) electrons. The van der Waals surface area contributed by atoms with Crippen LogP contribution in [-0.2, 0) is 0 Å². The first-order valence-corrected chi connectivity index (χ1v) is 4.90. The minimum absolute atomic E-state index is 0.751. The van der Waals surface area contributed by atoms with Gasteiger partial charge in [0, 0.05) is 12.3 Å². The fraction of sp³-hybridized carbons (Fsp3) is 0.545. The van der Waals surface area contributed by atoms with Gasteiger partial charge >= 0.3 is 0 Å². The topological polar surface area (TPSA) is 22.1 Å². The third-order valence-corrected chi connectivity index (χ3v) is 2.88. The van der Waals surface area contributed by atoms with E-state index in [1.165, 1.54) is 12.8 Å². The molecule has 0 N–H and O–H groups in total. The fourth-order valence-corrected chi connectivity index (χ4v) is 1.61. The van der Waals surface area contributed by atoms with E-state index in [-0.39, 0.29) is 0 Å². The van der Waals surface area contributed by atoms with Crippen LogP contribution < -0.4 is 4.74 Å². The van der Waals surface area contributed by atoms with E-state index in [4.69, 9.17) is 4.74 Å². The van der Waals surface area contributed by atoms with Crippen molar-refractivity contribution in [2.75, 3.05) is 6.61 Å². The molecule has 1 fully saturated rings. The zero-order valence-corrected chi connectivity index (χ0v) is 7.94. The summed E-state index contributed by atoms with van der Waals surface area (Å²) in [6, 6.07) is 5.76. The summed E-state index contributed by atoms with van der Waals surface area (Å²) in [6.07, 6.45) is 4.43. The van der Waals surface area contributed by atoms with E-state index in [0.29, 0.717) is 0 Å². The van der Waals surface area contributed by atoms with Crippen molar-refractivity contribution in [2.24, 2.45) is 11.8 Å². The van der Waals surface area contributed by atoms with Gasteiger partial charge in [0.25, 0.3) is 0 Å². The maximum atomic E-state index is 5.57. The molecule has 2 atom stereocenters. The quantitative estimate of drug-likeness (QED) is 0.707. The van der Waals surface area contributed by atoms with Crippen molar-refractivity contribution >= 4 is 0 Å². The van der Waals surface area contributed by atoms with E-state index < -0.39 is 0 Å². The first-order valence-electron chi connectivity index (χ1n) is 4.90. The van der Waals surface area contributed by atoms with Crippen LogP contribution in [0.5, 0.6) is 5.88 Å². The molecule has 1 aromatic heterocycles. The van der Waals surface area contributed by atoms with Crippen LogP contribution in [0.3, 0.4) is 0 Å². The molecule has 1 aliphatic rings. The van der Waals surface area contributed by atoms with Crippen molar-refractivity contribution < 1.29 is 4.74 Å². The highest BCUT2D eigenvalue weighted by Gasteiger charge is 2.27. The lowest BCUT2D eigenvalue weighted by Gasteiger charge is -2.33. The van der Waals surface area contributed by atoms with Crippen LogP contribution in [0.15, 0.2) is 24.4 Å². The lowest BCUT2D eigenvalue weighted by molar-refractivity contribution is 0.113. The Morgan fingerprint density at radius 2 is 2.38 bits per heavy atom. The molecule has 0 bridgehead atoms. The van der Waals surface area contributed by atoms with E-state index in [1.54, 1.807) is 6.20 Å². The number of pyridine rings is 1. The number of nitrogens with zero attached hydrogens (tertiary/aromatic N) is 1. The average molecular weight is 177 g/mol. The van der Waals surface area contributed by atoms with Crippen LogP contribution in [-0.4, -0.2) is 11.6 Å². The molecule has 0 unspecified atom stereocenters. The van der Waals surface area contributed by atoms with Crippen molar-refractivity contribution in [3.05, 3.63) is 24.4 Å². The lowest BCUT2D eigenvalue weighted by atomic mass is 9.75. The highest BCUT2D eigenvalue weighted by Crippen LogP contribution is 2.33. The predicted octanol–water partition coefficient (Wildman–Crippen LogP) is 2.51. The van der Waals surface area contributed by atoms with Crippen LogP contribution in [0, 0.1) is 11.8 Å². The van der Waals surface area contributed by atoms with Crippen molar-refractivity contribution in [3.63, 3.8) is 0 Å². The Labute approximate surface area is 78.9 Å².